The summed E-state index contributed by atoms with van der Waals surface area (Å²) in [6, 6.07) is 13.6. The molecular formula is C17H17ClN2O4. The van der Waals surface area contributed by atoms with Gasteiger partial charge in [0.05, 0.1) is 5.02 Å². The summed E-state index contributed by atoms with van der Waals surface area (Å²) < 4.78 is 10.7. The fourth-order valence-corrected chi connectivity index (χ4v) is 1.98. The van der Waals surface area contributed by atoms with Crippen LogP contribution in [0.2, 0.25) is 5.02 Å². The highest BCUT2D eigenvalue weighted by Crippen LogP contribution is 2.23. The monoisotopic (exact) mass is 348 g/mol. The van der Waals surface area contributed by atoms with Crippen molar-refractivity contribution < 1.29 is 19.1 Å². The number of likely N-dealkylation sites (N-methyl/N-ethyl adjacent to an activating group) is 1. The molecule has 2 N–H and O–H groups in total. The van der Waals surface area contributed by atoms with Crippen LogP contribution in [0.25, 0.3) is 0 Å². The van der Waals surface area contributed by atoms with E-state index in [1.165, 1.54) is 7.05 Å². The van der Waals surface area contributed by atoms with E-state index in [9.17, 15) is 9.59 Å². The lowest BCUT2D eigenvalue weighted by Gasteiger charge is -2.10. The van der Waals surface area contributed by atoms with Crippen LogP contribution >= 0.6 is 11.6 Å². The second-order valence-electron chi connectivity index (χ2n) is 4.76. The molecule has 0 unspecified atom stereocenters. The minimum absolute atomic E-state index is 0.0937. The van der Waals surface area contributed by atoms with Gasteiger partial charge in [-0.25, -0.2) is 0 Å². The molecule has 0 aliphatic heterocycles. The molecule has 0 atom stereocenters. The maximum Gasteiger partial charge on any atom is 0.262 e. The number of hydrogen-bond acceptors (Lipinski definition) is 4. The second-order valence-corrected chi connectivity index (χ2v) is 5.16. The summed E-state index contributed by atoms with van der Waals surface area (Å²) in [6.45, 7) is -0.267. The minimum Gasteiger partial charge on any atom is -0.484 e. The Morgan fingerprint density at radius 3 is 2.50 bits per heavy atom. The Labute approximate surface area is 144 Å². The predicted molar refractivity (Wildman–Crippen MR) is 91.6 cm³/mol. The smallest absolute Gasteiger partial charge is 0.262 e. The molecule has 126 valence electrons. The highest BCUT2D eigenvalue weighted by molar-refractivity contribution is 6.32. The Kier molecular flexibility index (Phi) is 6.45. The fraction of sp³-hybridized carbons (Fsp3) is 0.176. The van der Waals surface area contributed by atoms with Gasteiger partial charge in [0.1, 0.15) is 11.5 Å². The first kappa shape index (κ1) is 17.6. The van der Waals surface area contributed by atoms with Gasteiger partial charge in [0.15, 0.2) is 13.2 Å². The maximum absolute atomic E-state index is 11.9. The molecule has 0 bridgehead atoms. The first-order chi connectivity index (χ1) is 11.6. The van der Waals surface area contributed by atoms with Crippen molar-refractivity contribution >= 4 is 29.1 Å². The molecule has 0 aliphatic carbocycles. The quantitative estimate of drug-likeness (QED) is 0.806. The van der Waals surface area contributed by atoms with Gasteiger partial charge < -0.3 is 20.1 Å². The van der Waals surface area contributed by atoms with Gasteiger partial charge in [-0.2, -0.15) is 0 Å². The number of carbonyl (C=O) groups is 2. The number of carbonyl (C=O) groups excluding carboxylic acids is 2. The number of rotatable bonds is 7. The first-order valence-electron chi connectivity index (χ1n) is 7.19. The van der Waals surface area contributed by atoms with Gasteiger partial charge in [-0.3, -0.25) is 9.59 Å². The predicted octanol–water partition coefficient (Wildman–Crippen LogP) is 2.48. The number of benzene rings is 2. The van der Waals surface area contributed by atoms with E-state index in [0.717, 1.165) is 0 Å². The highest BCUT2D eigenvalue weighted by atomic mass is 35.5. The van der Waals surface area contributed by atoms with Gasteiger partial charge in [0, 0.05) is 18.8 Å². The SMILES string of the molecule is CNC(=O)COc1cccc(NC(=O)COc2ccccc2Cl)c1. The standard InChI is InChI=1S/C17H17ClN2O4/c1-19-16(21)10-23-13-6-4-5-12(9-13)20-17(22)11-24-15-8-3-2-7-14(15)18/h2-9H,10-11H2,1H3,(H,19,21)(H,20,22). The van der Waals surface area contributed by atoms with Crippen LogP contribution in [0.1, 0.15) is 0 Å². The average Bonchev–Trinajstić information content (AvgIpc) is 2.59. The lowest BCUT2D eigenvalue weighted by atomic mass is 10.3. The zero-order chi connectivity index (χ0) is 17.4. The lowest BCUT2D eigenvalue weighted by molar-refractivity contribution is -0.122. The minimum atomic E-state index is -0.335. The molecule has 24 heavy (non-hydrogen) atoms. The van der Waals surface area contributed by atoms with E-state index in [-0.39, 0.29) is 25.0 Å². The molecule has 2 aromatic carbocycles. The molecule has 2 amide bonds. The molecule has 2 rings (SSSR count). The number of hydrogen-bond donors (Lipinski definition) is 2. The van der Waals surface area contributed by atoms with Gasteiger partial charge in [-0.15, -0.1) is 0 Å². The third-order valence-corrected chi connectivity index (χ3v) is 3.27. The summed E-state index contributed by atoms with van der Waals surface area (Å²) in [6.07, 6.45) is 0. The number of amides is 2. The zero-order valence-corrected chi connectivity index (χ0v) is 13.8. The van der Waals surface area contributed by atoms with Crippen LogP contribution in [0.4, 0.5) is 5.69 Å². The van der Waals surface area contributed by atoms with E-state index in [4.69, 9.17) is 21.1 Å². The van der Waals surface area contributed by atoms with Crippen LogP contribution in [0, 0.1) is 0 Å². The van der Waals surface area contributed by atoms with Crippen LogP contribution < -0.4 is 20.1 Å². The van der Waals surface area contributed by atoms with Gasteiger partial charge in [0.25, 0.3) is 11.8 Å². The van der Waals surface area contributed by atoms with Crippen LogP contribution in [0.5, 0.6) is 11.5 Å². The van der Waals surface area contributed by atoms with E-state index in [1.54, 1.807) is 48.5 Å². The van der Waals surface area contributed by atoms with Crippen LogP contribution in [-0.4, -0.2) is 32.1 Å². The molecule has 0 saturated heterocycles. The second kappa shape index (κ2) is 8.79. The van der Waals surface area contributed by atoms with E-state index in [2.05, 4.69) is 10.6 Å². The number of para-hydroxylation sites is 1. The summed E-state index contributed by atoms with van der Waals surface area (Å²) in [5, 5.41) is 5.58. The van der Waals surface area contributed by atoms with Crippen molar-refractivity contribution in [3.8, 4) is 11.5 Å². The molecule has 6 nitrogen and oxygen atoms in total. The number of anilines is 1. The van der Waals surface area contributed by atoms with Crippen LogP contribution in [0.3, 0.4) is 0 Å². The summed E-state index contributed by atoms with van der Waals surface area (Å²) in [7, 11) is 1.53. The average molecular weight is 349 g/mol. The van der Waals surface area contributed by atoms with Gasteiger partial charge in [-0.05, 0) is 24.3 Å². The largest absolute Gasteiger partial charge is 0.484 e. The lowest BCUT2D eigenvalue weighted by Crippen LogP contribution is -2.24. The molecule has 0 aliphatic rings. The van der Waals surface area contributed by atoms with Crippen molar-refractivity contribution in [2.24, 2.45) is 0 Å². The number of nitrogens with one attached hydrogen (secondary N) is 2. The maximum atomic E-state index is 11.9. The van der Waals surface area contributed by atoms with Crippen LogP contribution in [0.15, 0.2) is 48.5 Å². The Balaban J connectivity index is 1.87. The molecule has 0 saturated carbocycles. The van der Waals surface area contributed by atoms with Gasteiger partial charge in [0.2, 0.25) is 0 Å². The van der Waals surface area contributed by atoms with E-state index in [0.29, 0.717) is 22.2 Å². The highest BCUT2D eigenvalue weighted by Gasteiger charge is 2.07. The van der Waals surface area contributed by atoms with Gasteiger partial charge >= 0.3 is 0 Å². The van der Waals surface area contributed by atoms with Crippen molar-refractivity contribution in [3.63, 3.8) is 0 Å². The van der Waals surface area contributed by atoms with Crippen molar-refractivity contribution in [1.82, 2.24) is 5.32 Å². The molecule has 0 radical (unpaired) electrons. The molecule has 2 aromatic rings. The number of halogens is 1. The van der Waals surface area contributed by atoms with Gasteiger partial charge in [-0.1, -0.05) is 29.8 Å². The molecule has 0 spiro atoms. The topological polar surface area (TPSA) is 76.7 Å². The third kappa shape index (κ3) is 5.48. The molecule has 0 aromatic heterocycles. The van der Waals surface area contributed by atoms with Crippen molar-refractivity contribution in [2.45, 2.75) is 0 Å². The Hall–Kier alpha value is -2.73. The van der Waals surface area contributed by atoms with Crippen molar-refractivity contribution in [2.75, 3.05) is 25.6 Å². The molecule has 7 heteroatoms. The van der Waals surface area contributed by atoms with E-state index < -0.39 is 0 Å². The van der Waals surface area contributed by atoms with Crippen molar-refractivity contribution in [1.29, 1.82) is 0 Å². The molecular weight excluding hydrogens is 332 g/mol. The van der Waals surface area contributed by atoms with E-state index >= 15 is 0 Å². The summed E-state index contributed by atoms with van der Waals surface area (Å²) in [4.78, 5) is 23.1. The third-order valence-electron chi connectivity index (χ3n) is 2.96. The summed E-state index contributed by atoms with van der Waals surface area (Å²) in [5.74, 6) is 0.344. The molecule has 0 fully saturated rings. The first-order valence-corrected chi connectivity index (χ1v) is 7.57. The fourth-order valence-electron chi connectivity index (χ4n) is 1.79. The Morgan fingerprint density at radius 1 is 1.00 bits per heavy atom. The normalized spacial score (nSPS) is 9.92. The molecule has 0 heterocycles. The summed E-state index contributed by atoms with van der Waals surface area (Å²) in [5.41, 5.74) is 0.539. The Bertz CT molecular complexity index is 721. The number of ether oxygens (including phenoxy) is 2. The van der Waals surface area contributed by atoms with Crippen molar-refractivity contribution in [3.05, 3.63) is 53.6 Å². The summed E-state index contributed by atoms with van der Waals surface area (Å²) >= 11 is 5.96. The Morgan fingerprint density at radius 2 is 1.75 bits per heavy atom. The zero-order valence-electron chi connectivity index (χ0n) is 13.0. The van der Waals surface area contributed by atoms with Crippen LogP contribution in [-0.2, 0) is 9.59 Å². The van der Waals surface area contributed by atoms with E-state index in [1.807, 2.05) is 0 Å².